The monoisotopic (exact) mass is 550 g/mol. The number of rotatable bonds is 6. The van der Waals surface area contributed by atoms with Gasteiger partial charge in [-0.1, -0.05) is 121 Å². The van der Waals surface area contributed by atoms with E-state index < -0.39 is 10.8 Å². The molecule has 4 aromatic rings. The number of hydrogen-bond acceptors (Lipinski definition) is 2. The van der Waals surface area contributed by atoms with Crippen LogP contribution in [-0.4, -0.2) is 23.2 Å². The molecular formula is C38H34N2O2. The Kier molecular flexibility index (Phi) is 6.78. The molecule has 42 heavy (non-hydrogen) atoms. The highest BCUT2D eigenvalue weighted by Gasteiger charge is 2.63. The molecule has 0 aromatic heterocycles. The average molecular weight is 551 g/mol. The summed E-state index contributed by atoms with van der Waals surface area (Å²) in [6.07, 6.45) is 4.87. The Morgan fingerprint density at radius 2 is 0.762 bits per heavy atom. The molecule has 0 aliphatic heterocycles. The minimum Gasteiger partial charge on any atom is -0.272 e. The molecule has 0 unspecified atom stereocenters. The lowest BCUT2D eigenvalue weighted by Crippen LogP contribution is -2.57. The fourth-order valence-electron chi connectivity index (χ4n) is 8.18. The molecule has 4 aromatic carbocycles. The quantitative estimate of drug-likeness (QED) is 0.231. The highest BCUT2D eigenvalue weighted by molar-refractivity contribution is 6.18. The van der Waals surface area contributed by atoms with E-state index in [1.807, 2.05) is 121 Å². The molecule has 8 rings (SSSR count). The minimum atomic E-state index is -0.621. The van der Waals surface area contributed by atoms with Gasteiger partial charge in [0.05, 0.1) is 22.3 Å². The van der Waals surface area contributed by atoms with Gasteiger partial charge in [-0.05, 0) is 50.4 Å². The van der Waals surface area contributed by atoms with E-state index in [-0.39, 0.29) is 11.8 Å². The topological polar surface area (TPSA) is 58.9 Å². The highest BCUT2D eigenvalue weighted by atomic mass is 16.2. The van der Waals surface area contributed by atoms with Gasteiger partial charge in [-0.3, -0.25) is 9.59 Å². The van der Waals surface area contributed by atoms with E-state index >= 15 is 0 Å². The van der Waals surface area contributed by atoms with Crippen molar-refractivity contribution in [2.45, 2.75) is 38.5 Å². The first kappa shape index (κ1) is 26.5. The van der Waals surface area contributed by atoms with E-state index in [2.05, 4.69) is 0 Å². The fourth-order valence-corrected chi connectivity index (χ4v) is 8.18. The zero-order valence-electron chi connectivity index (χ0n) is 23.7. The summed E-state index contributed by atoms with van der Waals surface area (Å²) < 4.78 is 0. The first-order chi connectivity index (χ1) is 20.5. The molecule has 0 saturated heterocycles. The van der Waals surface area contributed by atoms with Gasteiger partial charge in [0.1, 0.15) is 0 Å². The Morgan fingerprint density at radius 3 is 1.05 bits per heavy atom. The molecule has 4 heteroatoms. The second-order valence-electron chi connectivity index (χ2n) is 12.5. The molecule has 4 fully saturated rings. The average Bonchev–Trinajstić information content (AvgIpc) is 3.03. The number of carbonyl (C=O) groups is 2. The van der Waals surface area contributed by atoms with Crippen molar-refractivity contribution in [3.8, 4) is 0 Å². The molecule has 0 spiro atoms. The van der Waals surface area contributed by atoms with Gasteiger partial charge in [0.25, 0.3) is 11.8 Å². The number of hydrogen-bond donors (Lipinski definition) is 0. The van der Waals surface area contributed by atoms with Crippen LogP contribution in [0.25, 0.3) is 0 Å². The van der Waals surface area contributed by atoms with Crippen molar-refractivity contribution < 1.29 is 9.59 Å². The maximum atomic E-state index is 14.3. The van der Waals surface area contributed by atoms with Crippen LogP contribution in [0.15, 0.2) is 131 Å². The number of amides is 2. The number of carbonyl (C=O) groups excluding carboxylic acids is 2. The van der Waals surface area contributed by atoms with Gasteiger partial charge in [-0.2, -0.15) is 0 Å². The second-order valence-corrected chi connectivity index (χ2v) is 12.5. The summed E-state index contributed by atoms with van der Waals surface area (Å²) in [6, 6.07) is 39.8. The van der Waals surface area contributed by atoms with E-state index in [0.717, 1.165) is 54.4 Å². The van der Waals surface area contributed by atoms with Crippen molar-refractivity contribution in [3.63, 3.8) is 0 Å². The third-order valence-electron chi connectivity index (χ3n) is 9.58. The SMILES string of the molecule is O=C(N=C(c1ccccc1)c1ccccc1)C12CC3CC(C1)CC(C(=O)N=C(c1ccccc1)c1ccccc1)(C3)C2. The maximum Gasteiger partial charge on any atom is 0.252 e. The lowest BCUT2D eigenvalue weighted by molar-refractivity contribution is -0.163. The minimum absolute atomic E-state index is 0.0770. The van der Waals surface area contributed by atoms with Gasteiger partial charge in [-0.25, -0.2) is 9.98 Å². The molecule has 0 N–H and O–H groups in total. The Bertz CT molecular complexity index is 1440. The molecule has 208 valence electrons. The largest absolute Gasteiger partial charge is 0.272 e. The van der Waals surface area contributed by atoms with Crippen molar-refractivity contribution in [2.75, 3.05) is 0 Å². The third-order valence-corrected chi connectivity index (χ3v) is 9.58. The molecule has 4 aliphatic rings. The summed E-state index contributed by atoms with van der Waals surface area (Å²) in [7, 11) is 0. The van der Waals surface area contributed by atoms with Gasteiger partial charge >= 0.3 is 0 Å². The summed E-state index contributed by atoms with van der Waals surface area (Å²) in [6.45, 7) is 0. The van der Waals surface area contributed by atoms with Gasteiger partial charge in [0.2, 0.25) is 0 Å². The molecule has 4 bridgehead atoms. The molecule has 0 atom stereocenters. The van der Waals surface area contributed by atoms with Crippen LogP contribution in [0, 0.1) is 22.7 Å². The van der Waals surface area contributed by atoms with Gasteiger partial charge < -0.3 is 0 Å². The third kappa shape index (κ3) is 4.85. The lowest BCUT2D eigenvalue weighted by Gasteiger charge is -2.59. The summed E-state index contributed by atoms with van der Waals surface area (Å²) in [5.74, 6) is 0.537. The van der Waals surface area contributed by atoms with Gasteiger partial charge in [-0.15, -0.1) is 0 Å². The predicted octanol–water partition coefficient (Wildman–Crippen LogP) is 7.70. The zero-order chi connectivity index (χ0) is 28.6. The van der Waals surface area contributed by atoms with E-state index in [4.69, 9.17) is 9.98 Å². The Hall–Kier alpha value is -4.44. The standard InChI is InChI=1S/C38H34N2O2/c41-35(39-33(29-13-5-1-6-14-29)30-15-7-2-8-16-30)37-22-27-21-28(23-37)25-38(24-27,26-37)36(42)40-34(31-17-9-3-10-18-31)32-19-11-4-12-20-32/h1-20,27-28H,21-26H2. The molecule has 4 aliphatic carbocycles. The number of aliphatic imine (C=N–C) groups is 2. The molecule has 4 nitrogen and oxygen atoms in total. The normalized spacial score (nSPS) is 25.4. The summed E-state index contributed by atoms with van der Waals surface area (Å²) in [4.78, 5) is 38.5. The van der Waals surface area contributed by atoms with Crippen LogP contribution >= 0.6 is 0 Å². The smallest absolute Gasteiger partial charge is 0.252 e. The first-order valence-corrected chi connectivity index (χ1v) is 15.0. The van der Waals surface area contributed by atoms with Crippen LogP contribution in [0.4, 0.5) is 0 Å². The fraction of sp³-hybridized carbons (Fsp3) is 0.263. The van der Waals surface area contributed by atoms with Crippen LogP contribution in [0.1, 0.15) is 60.8 Å². The van der Waals surface area contributed by atoms with Crippen LogP contribution in [0.5, 0.6) is 0 Å². The molecule has 0 heterocycles. The van der Waals surface area contributed by atoms with Crippen LogP contribution in [0.3, 0.4) is 0 Å². The van der Waals surface area contributed by atoms with E-state index in [9.17, 15) is 9.59 Å². The van der Waals surface area contributed by atoms with Crippen molar-refractivity contribution in [1.82, 2.24) is 0 Å². The van der Waals surface area contributed by atoms with E-state index in [1.54, 1.807) is 0 Å². The molecule has 2 amide bonds. The Balaban J connectivity index is 1.27. The van der Waals surface area contributed by atoms with Crippen molar-refractivity contribution in [1.29, 1.82) is 0 Å². The van der Waals surface area contributed by atoms with Gasteiger partial charge in [0.15, 0.2) is 0 Å². The summed E-state index contributed by atoms with van der Waals surface area (Å²) >= 11 is 0. The van der Waals surface area contributed by atoms with Crippen molar-refractivity contribution in [2.24, 2.45) is 32.7 Å². The predicted molar refractivity (Wildman–Crippen MR) is 167 cm³/mol. The lowest BCUT2D eigenvalue weighted by atomic mass is 9.43. The zero-order valence-corrected chi connectivity index (χ0v) is 23.7. The van der Waals surface area contributed by atoms with Crippen LogP contribution in [-0.2, 0) is 9.59 Å². The Labute approximate surface area is 247 Å². The second kappa shape index (κ2) is 10.8. The summed E-state index contributed by atoms with van der Waals surface area (Å²) in [5.41, 5.74) is 3.85. The van der Waals surface area contributed by atoms with Crippen LogP contribution in [0.2, 0.25) is 0 Å². The number of nitrogens with zero attached hydrogens (tertiary/aromatic N) is 2. The molecule has 0 radical (unpaired) electrons. The maximum absolute atomic E-state index is 14.3. The van der Waals surface area contributed by atoms with Crippen molar-refractivity contribution >= 4 is 23.2 Å². The van der Waals surface area contributed by atoms with Crippen molar-refractivity contribution in [3.05, 3.63) is 144 Å². The van der Waals surface area contributed by atoms with Gasteiger partial charge in [0, 0.05) is 22.3 Å². The van der Waals surface area contributed by atoms with Crippen LogP contribution < -0.4 is 0 Å². The molecule has 4 saturated carbocycles. The number of benzene rings is 4. The summed E-state index contributed by atoms with van der Waals surface area (Å²) in [5, 5.41) is 0. The Morgan fingerprint density at radius 1 is 0.476 bits per heavy atom. The highest BCUT2D eigenvalue weighted by Crippen LogP contribution is 2.66. The molecular weight excluding hydrogens is 516 g/mol. The van der Waals surface area contributed by atoms with E-state index in [1.165, 1.54) is 0 Å². The van der Waals surface area contributed by atoms with E-state index in [0.29, 0.717) is 29.7 Å². The first-order valence-electron chi connectivity index (χ1n) is 15.0.